The fourth-order valence-corrected chi connectivity index (χ4v) is 2.93. The second-order valence-electron chi connectivity index (χ2n) is 5.95. The fourth-order valence-electron chi connectivity index (χ4n) is 2.93. The van der Waals surface area contributed by atoms with Gasteiger partial charge in [-0.2, -0.15) is 15.0 Å². The molecule has 2 aromatic rings. The molecule has 0 spiro atoms. The van der Waals surface area contributed by atoms with Gasteiger partial charge < -0.3 is 20.9 Å². The highest BCUT2D eigenvalue weighted by atomic mass is 15.3. The standard InChI is InChI=1S/C16H23N7/c1-2-22-8-10-23(11-9-22)12-14-19-15(17)21-16(20-14)18-13-6-4-3-5-7-13/h3-7H,2,8-12H2,1H3,(H3,17,18,19,20,21)/p+2. The number of nitrogen functional groups attached to an aromatic ring is 1. The zero-order valence-electron chi connectivity index (χ0n) is 13.5. The number of benzene rings is 1. The summed E-state index contributed by atoms with van der Waals surface area (Å²) in [5.41, 5.74) is 6.79. The molecule has 0 bridgehead atoms. The number of hydrogen-bond acceptors (Lipinski definition) is 5. The molecule has 1 aliphatic heterocycles. The zero-order valence-corrected chi connectivity index (χ0v) is 13.5. The summed E-state index contributed by atoms with van der Waals surface area (Å²) in [7, 11) is 0. The maximum absolute atomic E-state index is 5.85. The summed E-state index contributed by atoms with van der Waals surface area (Å²) in [6.07, 6.45) is 0. The minimum Gasteiger partial charge on any atom is -0.368 e. The van der Waals surface area contributed by atoms with Crippen molar-refractivity contribution >= 4 is 17.6 Å². The molecule has 2 heterocycles. The third kappa shape index (κ3) is 4.37. The van der Waals surface area contributed by atoms with Gasteiger partial charge in [-0.3, -0.25) is 0 Å². The van der Waals surface area contributed by atoms with Crippen molar-refractivity contribution in [1.29, 1.82) is 0 Å². The summed E-state index contributed by atoms with van der Waals surface area (Å²) in [6, 6.07) is 9.84. The minimum absolute atomic E-state index is 0.269. The average molecular weight is 315 g/mol. The van der Waals surface area contributed by atoms with Crippen molar-refractivity contribution in [3.05, 3.63) is 36.2 Å². The lowest BCUT2D eigenvalue weighted by atomic mass is 10.3. The molecule has 0 saturated carbocycles. The van der Waals surface area contributed by atoms with E-state index in [0.717, 1.165) is 31.1 Å². The Morgan fingerprint density at radius 2 is 1.70 bits per heavy atom. The molecule has 7 heteroatoms. The third-order valence-corrected chi connectivity index (χ3v) is 4.30. The van der Waals surface area contributed by atoms with Gasteiger partial charge in [0.2, 0.25) is 11.9 Å². The largest absolute Gasteiger partial charge is 0.368 e. The van der Waals surface area contributed by atoms with Crippen molar-refractivity contribution < 1.29 is 9.80 Å². The van der Waals surface area contributed by atoms with Gasteiger partial charge in [0.25, 0.3) is 0 Å². The lowest BCUT2D eigenvalue weighted by Crippen LogP contribution is -3.27. The Morgan fingerprint density at radius 1 is 1.00 bits per heavy atom. The second kappa shape index (κ2) is 7.34. The zero-order chi connectivity index (χ0) is 16.1. The highest BCUT2D eigenvalue weighted by Gasteiger charge is 2.22. The molecule has 1 aromatic carbocycles. The molecular formula is C16H25N7+2. The van der Waals surface area contributed by atoms with Crippen molar-refractivity contribution in [2.45, 2.75) is 13.5 Å². The molecule has 1 saturated heterocycles. The van der Waals surface area contributed by atoms with E-state index in [2.05, 4.69) is 27.2 Å². The predicted octanol–water partition coefficient (Wildman–Crippen LogP) is -1.50. The molecule has 122 valence electrons. The van der Waals surface area contributed by atoms with Gasteiger partial charge in [0.15, 0.2) is 5.82 Å². The topological polar surface area (TPSA) is 85.6 Å². The first-order valence-electron chi connectivity index (χ1n) is 8.22. The second-order valence-corrected chi connectivity index (χ2v) is 5.95. The molecule has 1 aliphatic rings. The van der Waals surface area contributed by atoms with E-state index in [0.29, 0.717) is 5.95 Å². The van der Waals surface area contributed by atoms with Crippen LogP contribution in [0.2, 0.25) is 0 Å². The number of piperazine rings is 1. The number of likely N-dealkylation sites (N-methyl/N-ethyl adjacent to an activating group) is 1. The lowest BCUT2D eigenvalue weighted by Gasteiger charge is -2.28. The van der Waals surface area contributed by atoms with E-state index >= 15 is 0 Å². The van der Waals surface area contributed by atoms with Gasteiger partial charge in [0.1, 0.15) is 32.7 Å². The van der Waals surface area contributed by atoms with Crippen molar-refractivity contribution in [2.24, 2.45) is 0 Å². The Hall–Kier alpha value is -2.25. The van der Waals surface area contributed by atoms with Gasteiger partial charge in [-0.15, -0.1) is 0 Å². The van der Waals surface area contributed by atoms with Gasteiger partial charge >= 0.3 is 0 Å². The number of quaternary nitrogens is 2. The van der Waals surface area contributed by atoms with E-state index in [1.807, 2.05) is 30.3 Å². The van der Waals surface area contributed by atoms with E-state index in [1.165, 1.54) is 24.5 Å². The van der Waals surface area contributed by atoms with E-state index in [-0.39, 0.29) is 5.95 Å². The first-order chi connectivity index (χ1) is 11.2. The van der Waals surface area contributed by atoms with Crippen LogP contribution in [0.3, 0.4) is 0 Å². The van der Waals surface area contributed by atoms with Gasteiger partial charge in [-0.05, 0) is 19.1 Å². The summed E-state index contributed by atoms with van der Waals surface area (Å²) in [6.45, 7) is 8.97. The molecule has 0 unspecified atom stereocenters. The van der Waals surface area contributed by atoms with Crippen LogP contribution >= 0.6 is 0 Å². The average Bonchev–Trinajstić information content (AvgIpc) is 2.56. The number of aromatic nitrogens is 3. The molecule has 0 aliphatic carbocycles. The molecule has 5 N–H and O–H groups in total. The Balaban J connectivity index is 1.66. The summed E-state index contributed by atoms with van der Waals surface area (Å²) in [5.74, 6) is 1.53. The quantitative estimate of drug-likeness (QED) is 0.540. The van der Waals surface area contributed by atoms with Gasteiger partial charge in [0, 0.05) is 5.69 Å². The van der Waals surface area contributed by atoms with Crippen molar-refractivity contribution in [3.8, 4) is 0 Å². The van der Waals surface area contributed by atoms with Gasteiger partial charge in [0.05, 0.1) is 6.54 Å². The number of rotatable bonds is 5. The van der Waals surface area contributed by atoms with Crippen LogP contribution in [0.1, 0.15) is 12.7 Å². The first kappa shape index (κ1) is 15.6. The highest BCUT2D eigenvalue weighted by molar-refractivity contribution is 5.53. The number of anilines is 3. The Kier molecular flexibility index (Phi) is 4.99. The molecule has 1 aromatic heterocycles. The van der Waals surface area contributed by atoms with Crippen LogP contribution in [0, 0.1) is 0 Å². The van der Waals surface area contributed by atoms with Crippen LogP contribution in [-0.2, 0) is 6.54 Å². The number of para-hydroxylation sites is 1. The van der Waals surface area contributed by atoms with E-state index in [9.17, 15) is 0 Å². The maximum atomic E-state index is 5.85. The molecule has 23 heavy (non-hydrogen) atoms. The molecule has 0 amide bonds. The third-order valence-electron chi connectivity index (χ3n) is 4.30. The van der Waals surface area contributed by atoms with Crippen LogP contribution in [-0.4, -0.2) is 47.7 Å². The number of hydrogen-bond donors (Lipinski definition) is 4. The predicted molar refractivity (Wildman–Crippen MR) is 89.6 cm³/mol. The van der Waals surface area contributed by atoms with Gasteiger partial charge in [-0.1, -0.05) is 18.2 Å². The Labute approximate surface area is 136 Å². The van der Waals surface area contributed by atoms with Crippen LogP contribution < -0.4 is 20.9 Å². The minimum atomic E-state index is 0.269. The molecule has 1 fully saturated rings. The summed E-state index contributed by atoms with van der Waals surface area (Å²) in [5, 5.41) is 3.18. The van der Waals surface area contributed by atoms with E-state index < -0.39 is 0 Å². The van der Waals surface area contributed by atoms with Crippen LogP contribution in [0.5, 0.6) is 0 Å². The number of nitrogens with two attached hydrogens (primary N) is 1. The summed E-state index contributed by atoms with van der Waals surface area (Å²) >= 11 is 0. The van der Waals surface area contributed by atoms with Crippen LogP contribution in [0.25, 0.3) is 0 Å². The summed E-state index contributed by atoms with van der Waals surface area (Å²) in [4.78, 5) is 16.2. The van der Waals surface area contributed by atoms with E-state index in [4.69, 9.17) is 5.73 Å². The Morgan fingerprint density at radius 3 is 2.39 bits per heavy atom. The van der Waals surface area contributed by atoms with E-state index in [1.54, 1.807) is 4.90 Å². The monoisotopic (exact) mass is 315 g/mol. The van der Waals surface area contributed by atoms with Crippen molar-refractivity contribution in [3.63, 3.8) is 0 Å². The van der Waals surface area contributed by atoms with Crippen molar-refractivity contribution in [2.75, 3.05) is 43.8 Å². The lowest BCUT2D eigenvalue weighted by molar-refractivity contribution is -1.02. The molecule has 3 rings (SSSR count). The molecule has 7 nitrogen and oxygen atoms in total. The number of nitrogens with one attached hydrogen (secondary N) is 3. The molecular weight excluding hydrogens is 290 g/mol. The fraction of sp³-hybridized carbons (Fsp3) is 0.438. The highest BCUT2D eigenvalue weighted by Crippen LogP contribution is 2.12. The maximum Gasteiger partial charge on any atom is 0.232 e. The van der Waals surface area contributed by atoms with Crippen LogP contribution in [0.4, 0.5) is 17.6 Å². The smallest absolute Gasteiger partial charge is 0.232 e. The summed E-state index contributed by atoms with van der Waals surface area (Å²) < 4.78 is 0. The van der Waals surface area contributed by atoms with Crippen LogP contribution in [0.15, 0.2) is 30.3 Å². The number of nitrogens with zero attached hydrogens (tertiary/aromatic N) is 3. The molecule has 0 radical (unpaired) electrons. The van der Waals surface area contributed by atoms with Gasteiger partial charge in [-0.25, -0.2) is 0 Å². The SMILES string of the molecule is CC[NH+]1CC[NH+](Cc2nc(N)nc(Nc3ccccc3)n2)CC1. The first-order valence-corrected chi connectivity index (χ1v) is 8.22. The Bertz CT molecular complexity index is 624. The molecule has 0 atom stereocenters. The normalized spacial score (nSPS) is 21.1. The van der Waals surface area contributed by atoms with Crippen molar-refractivity contribution in [1.82, 2.24) is 15.0 Å².